The molecule has 1 aromatic rings. The molecule has 5 nitrogen and oxygen atoms in total. The van der Waals surface area contributed by atoms with Gasteiger partial charge >= 0.3 is 0 Å². The molecule has 1 aliphatic rings. The number of aliphatic hydroxyl groups excluding tert-OH is 1. The highest BCUT2D eigenvalue weighted by molar-refractivity contribution is 6.33. The van der Waals surface area contributed by atoms with Gasteiger partial charge in [-0.25, -0.2) is 0 Å². The van der Waals surface area contributed by atoms with Crippen LogP contribution in [0.5, 0.6) is 0 Å². The van der Waals surface area contributed by atoms with Gasteiger partial charge in [0.1, 0.15) is 0 Å². The molecule has 0 aliphatic carbocycles. The van der Waals surface area contributed by atoms with Crippen molar-refractivity contribution >= 4 is 17.5 Å². The summed E-state index contributed by atoms with van der Waals surface area (Å²) in [7, 11) is 0. The molecule has 104 valence electrons. The summed E-state index contributed by atoms with van der Waals surface area (Å²) in [6.45, 7) is 4.44. The van der Waals surface area contributed by atoms with Gasteiger partial charge in [-0.3, -0.25) is 9.78 Å². The number of pyridine rings is 1. The van der Waals surface area contributed by atoms with Gasteiger partial charge in [0, 0.05) is 25.0 Å². The number of halogens is 1. The average molecular weight is 285 g/mol. The Hall–Kier alpha value is -1.17. The van der Waals surface area contributed by atoms with Crippen LogP contribution >= 0.6 is 11.6 Å². The number of carbonyl (C=O) groups is 1. The second-order valence-corrected chi connectivity index (χ2v) is 5.17. The zero-order chi connectivity index (χ0) is 14.0. The first-order valence-corrected chi connectivity index (χ1v) is 6.56. The monoisotopic (exact) mass is 284 g/mol. The van der Waals surface area contributed by atoms with Gasteiger partial charge in [0.2, 0.25) is 0 Å². The molecule has 0 spiro atoms. The van der Waals surface area contributed by atoms with Crippen LogP contribution in [-0.4, -0.2) is 52.8 Å². The van der Waals surface area contributed by atoms with Crippen LogP contribution in [0.1, 0.15) is 23.0 Å². The Labute approximate surface area is 117 Å². The fourth-order valence-corrected chi connectivity index (χ4v) is 2.45. The Kier molecular flexibility index (Phi) is 4.39. The summed E-state index contributed by atoms with van der Waals surface area (Å²) >= 11 is 6.08. The number of ether oxygens (including phenoxy) is 1. The minimum atomic E-state index is -0.343. The molecule has 6 heteroatoms. The lowest BCUT2D eigenvalue weighted by molar-refractivity contribution is -0.0858. The Morgan fingerprint density at radius 2 is 2.37 bits per heavy atom. The number of hydrogen-bond acceptors (Lipinski definition) is 4. The van der Waals surface area contributed by atoms with Crippen molar-refractivity contribution in [2.45, 2.75) is 26.1 Å². The van der Waals surface area contributed by atoms with Crippen LogP contribution < -0.4 is 0 Å². The second-order valence-electron chi connectivity index (χ2n) is 4.77. The van der Waals surface area contributed by atoms with Crippen LogP contribution in [0.15, 0.2) is 12.3 Å². The molecular formula is C13H17ClN2O3. The minimum Gasteiger partial charge on any atom is -0.394 e. The van der Waals surface area contributed by atoms with Gasteiger partial charge in [0.05, 0.1) is 29.4 Å². The van der Waals surface area contributed by atoms with Gasteiger partial charge in [0.25, 0.3) is 5.91 Å². The zero-order valence-electron chi connectivity index (χ0n) is 11.0. The quantitative estimate of drug-likeness (QED) is 0.888. The van der Waals surface area contributed by atoms with Crippen molar-refractivity contribution in [3.05, 3.63) is 28.5 Å². The number of carbonyl (C=O) groups excluding carboxylic acids is 1. The van der Waals surface area contributed by atoms with Crippen molar-refractivity contribution in [1.82, 2.24) is 9.88 Å². The molecule has 2 unspecified atom stereocenters. The number of rotatable bonds is 2. The van der Waals surface area contributed by atoms with Gasteiger partial charge in [-0.1, -0.05) is 11.6 Å². The molecule has 0 bridgehead atoms. The van der Waals surface area contributed by atoms with Crippen molar-refractivity contribution in [3.8, 4) is 0 Å². The van der Waals surface area contributed by atoms with E-state index in [1.165, 1.54) is 6.20 Å². The van der Waals surface area contributed by atoms with Crippen LogP contribution in [0, 0.1) is 6.92 Å². The smallest absolute Gasteiger partial charge is 0.257 e. The van der Waals surface area contributed by atoms with E-state index in [0.29, 0.717) is 23.7 Å². The van der Waals surface area contributed by atoms with Gasteiger partial charge in [-0.2, -0.15) is 0 Å². The lowest BCUT2D eigenvalue weighted by Gasteiger charge is -2.36. The van der Waals surface area contributed by atoms with Gasteiger partial charge in [0.15, 0.2) is 0 Å². The zero-order valence-corrected chi connectivity index (χ0v) is 11.7. The van der Waals surface area contributed by atoms with Crippen molar-refractivity contribution in [1.29, 1.82) is 0 Å². The van der Waals surface area contributed by atoms with Crippen LogP contribution in [0.3, 0.4) is 0 Å². The SMILES string of the molecule is Cc1cc(Cl)c(C(=O)N2CC(C)OC(CO)C2)cn1. The molecule has 19 heavy (non-hydrogen) atoms. The van der Waals surface area contributed by atoms with Crippen molar-refractivity contribution < 1.29 is 14.6 Å². The summed E-state index contributed by atoms with van der Waals surface area (Å²) in [6, 6.07) is 1.67. The largest absolute Gasteiger partial charge is 0.394 e. The summed E-state index contributed by atoms with van der Waals surface area (Å²) < 4.78 is 5.51. The van der Waals surface area contributed by atoms with Crippen LogP contribution in [-0.2, 0) is 4.74 Å². The molecule has 1 aliphatic heterocycles. The predicted octanol–water partition coefficient (Wildman–Crippen LogP) is 1.27. The molecule has 0 radical (unpaired) electrons. The fraction of sp³-hybridized carbons (Fsp3) is 0.538. The molecule has 0 saturated carbocycles. The minimum absolute atomic E-state index is 0.103. The molecule has 2 rings (SSSR count). The Bertz CT molecular complexity index is 481. The number of nitrogens with zero attached hydrogens (tertiary/aromatic N) is 2. The molecule has 2 atom stereocenters. The lowest BCUT2D eigenvalue weighted by Crippen LogP contribution is -2.50. The highest BCUT2D eigenvalue weighted by Crippen LogP contribution is 2.20. The van der Waals surface area contributed by atoms with E-state index >= 15 is 0 Å². The van der Waals surface area contributed by atoms with E-state index in [1.54, 1.807) is 11.0 Å². The fourth-order valence-electron chi connectivity index (χ4n) is 2.17. The topological polar surface area (TPSA) is 62.7 Å². The van der Waals surface area contributed by atoms with Crippen molar-refractivity contribution in [2.24, 2.45) is 0 Å². The molecule has 1 N–H and O–H groups in total. The van der Waals surface area contributed by atoms with Gasteiger partial charge < -0.3 is 14.7 Å². The van der Waals surface area contributed by atoms with E-state index in [4.69, 9.17) is 21.4 Å². The summed E-state index contributed by atoms with van der Waals surface area (Å²) in [6.07, 6.45) is 1.05. The summed E-state index contributed by atoms with van der Waals surface area (Å²) in [4.78, 5) is 18.2. The summed E-state index contributed by atoms with van der Waals surface area (Å²) in [5, 5.41) is 9.57. The number of aromatic nitrogens is 1. The number of aliphatic hydroxyl groups is 1. The highest BCUT2D eigenvalue weighted by atomic mass is 35.5. The van der Waals surface area contributed by atoms with Crippen LogP contribution in [0.4, 0.5) is 0 Å². The number of hydrogen-bond donors (Lipinski definition) is 1. The van der Waals surface area contributed by atoms with Crippen LogP contribution in [0.2, 0.25) is 5.02 Å². The maximum Gasteiger partial charge on any atom is 0.257 e. The molecule has 2 heterocycles. The first-order valence-electron chi connectivity index (χ1n) is 6.19. The third-order valence-corrected chi connectivity index (χ3v) is 3.35. The number of amides is 1. The number of aryl methyl sites for hydroxylation is 1. The molecule has 0 aromatic carbocycles. The normalized spacial score (nSPS) is 23.5. The van der Waals surface area contributed by atoms with Crippen molar-refractivity contribution in [3.63, 3.8) is 0 Å². The van der Waals surface area contributed by atoms with E-state index in [-0.39, 0.29) is 24.7 Å². The molecular weight excluding hydrogens is 268 g/mol. The number of morpholine rings is 1. The van der Waals surface area contributed by atoms with Gasteiger partial charge in [-0.15, -0.1) is 0 Å². The summed E-state index contributed by atoms with van der Waals surface area (Å²) in [5.41, 5.74) is 1.16. The maximum atomic E-state index is 12.4. The van der Waals surface area contributed by atoms with Crippen molar-refractivity contribution in [2.75, 3.05) is 19.7 Å². The Balaban J connectivity index is 2.18. The standard InChI is InChI=1S/C13H17ClN2O3/c1-8-3-12(14)11(4-15-8)13(18)16-5-9(2)19-10(6-16)7-17/h3-4,9-10,17H,5-7H2,1-2H3. The van der Waals surface area contributed by atoms with E-state index in [9.17, 15) is 4.79 Å². The second kappa shape index (κ2) is 5.86. The molecule has 1 aromatic heterocycles. The molecule has 1 saturated heterocycles. The Morgan fingerprint density at radius 3 is 3.00 bits per heavy atom. The summed E-state index contributed by atoms with van der Waals surface area (Å²) in [5.74, 6) is -0.175. The predicted molar refractivity (Wildman–Crippen MR) is 71.3 cm³/mol. The lowest BCUT2D eigenvalue weighted by atomic mass is 10.1. The van der Waals surface area contributed by atoms with E-state index < -0.39 is 0 Å². The van der Waals surface area contributed by atoms with E-state index in [0.717, 1.165) is 5.69 Å². The molecule has 1 fully saturated rings. The first-order chi connectivity index (χ1) is 9.01. The molecule has 1 amide bonds. The first kappa shape index (κ1) is 14.2. The third-order valence-electron chi connectivity index (χ3n) is 3.04. The Morgan fingerprint density at radius 1 is 1.63 bits per heavy atom. The van der Waals surface area contributed by atoms with Gasteiger partial charge in [-0.05, 0) is 19.9 Å². The van der Waals surface area contributed by atoms with E-state index in [2.05, 4.69) is 4.98 Å². The highest BCUT2D eigenvalue weighted by Gasteiger charge is 2.29. The third kappa shape index (κ3) is 3.23. The van der Waals surface area contributed by atoms with Crippen LogP contribution in [0.25, 0.3) is 0 Å². The maximum absolute atomic E-state index is 12.4. The van der Waals surface area contributed by atoms with E-state index in [1.807, 2.05) is 13.8 Å². The average Bonchev–Trinajstić information content (AvgIpc) is 2.37.